The molecule has 1 aromatic carbocycles. The molecule has 1 aromatic rings. The van der Waals surface area contributed by atoms with Crippen LogP contribution in [-0.2, 0) is 6.18 Å². The molecular weight excluding hydrogens is 311 g/mol. The Morgan fingerprint density at radius 2 is 1.79 bits per heavy atom. The van der Waals surface area contributed by atoms with Gasteiger partial charge in [0.2, 0.25) is 0 Å². The largest absolute Gasteiger partial charge is 0.488 e. The Labute approximate surface area is 92.0 Å². The number of hydrogen-bond donors (Lipinski definition) is 2. The zero-order valence-corrected chi connectivity index (χ0v) is 8.87. The Balaban J connectivity index is 3.15. The molecule has 0 fully saturated rings. The molecule has 0 aliphatic heterocycles. The van der Waals surface area contributed by atoms with Gasteiger partial charge < -0.3 is 10.0 Å². The van der Waals surface area contributed by atoms with E-state index in [2.05, 4.69) is 0 Å². The Morgan fingerprint density at radius 1 is 1.21 bits per heavy atom. The summed E-state index contributed by atoms with van der Waals surface area (Å²) in [7, 11) is -1.74. The van der Waals surface area contributed by atoms with E-state index in [0.29, 0.717) is 0 Å². The van der Waals surface area contributed by atoms with Crippen LogP contribution >= 0.6 is 22.6 Å². The second kappa shape index (κ2) is 4.07. The van der Waals surface area contributed by atoms with Crippen molar-refractivity contribution in [2.24, 2.45) is 0 Å². The minimum Gasteiger partial charge on any atom is -0.423 e. The second-order valence-corrected chi connectivity index (χ2v) is 3.77. The maximum atomic E-state index is 12.3. The molecule has 0 aliphatic rings. The number of benzene rings is 1. The van der Waals surface area contributed by atoms with Gasteiger partial charge in [-0.05, 0) is 40.2 Å². The van der Waals surface area contributed by atoms with Crippen molar-refractivity contribution in [3.63, 3.8) is 0 Å². The van der Waals surface area contributed by atoms with E-state index >= 15 is 0 Å². The summed E-state index contributed by atoms with van der Waals surface area (Å²) in [5.74, 6) is 0. The van der Waals surface area contributed by atoms with E-state index in [-0.39, 0.29) is 9.03 Å². The number of halogens is 4. The summed E-state index contributed by atoms with van der Waals surface area (Å²) in [5, 5.41) is 17.4. The van der Waals surface area contributed by atoms with Gasteiger partial charge in [0, 0.05) is 3.57 Å². The lowest BCUT2D eigenvalue weighted by molar-refractivity contribution is -0.138. The quantitative estimate of drug-likeness (QED) is 0.599. The van der Waals surface area contributed by atoms with Crippen LogP contribution in [0.5, 0.6) is 0 Å². The standard InChI is InChI=1S/C7H5BF3IO2/c9-7(10,11)5-2-1-4(8(13)14)3-6(5)12/h1-3,13-14H. The van der Waals surface area contributed by atoms with Crippen LogP contribution in [0.4, 0.5) is 13.2 Å². The Morgan fingerprint density at radius 3 is 2.14 bits per heavy atom. The van der Waals surface area contributed by atoms with E-state index in [1.54, 1.807) is 0 Å². The SMILES string of the molecule is OB(O)c1ccc(C(F)(F)F)c(I)c1. The topological polar surface area (TPSA) is 40.5 Å². The van der Waals surface area contributed by atoms with Gasteiger partial charge in [-0.3, -0.25) is 0 Å². The fourth-order valence-corrected chi connectivity index (χ4v) is 1.77. The first-order valence-corrected chi connectivity index (χ1v) is 4.63. The van der Waals surface area contributed by atoms with Gasteiger partial charge in [0.15, 0.2) is 0 Å². The lowest BCUT2D eigenvalue weighted by Gasteiger charge is -2.10. The molecule has 14 heavy (non-hydrogen) atoms. The molecule has 0 aliphatic carbocycles. The highest BCUT2D eigenvalue weighted by Crippen LogP contribution is 2.31. The van der Waals surface area contributed by atoms with Crippen LogP contribution in [0.1, 0.15) is 5.56 Å². The normalized spacial score (nSPS) is 11.6. The van der Waals surface area contributed by atoms with Gasteiger partial charge in [-0.1, -0.05) is 6.07 Å². The molecule has 76 valence electrons. The second-order valence-electron chi connectivity index (χ2n) is 2.61. The van der Waals surface area contributed by atoms with Crippen molar-refractivity contribution in [1.82, 2.24) is 0 Å². The number of rotatable bonds is 1. The molecule has 2 nitrogen and oxygen atoms in total. The fraction of sp³-hybridized carbons (Fsp3) is 0.143. The van der Waals surface area contributed by atoms with E-state index in [1.807, 2.05) is 0 Å². The van der Waals surface area contributed by atoms with Crippen molar-refractivity contribution in [2.45, 2.75) is 6.18 Å². The molecule has 2 N–H and O–H groups in total. The maximum Gasteiger partial charge on any atom is 0.488 e. The minimum atomic E-state index is -4.41. The highest BCUT2D eigenvalue weighted by Gasteiger charge is 2.33. The van der Waals surface area contributed by atoms with E-state index in [4.69, 9.17) is 10.0 Å². The van der Waals surface area contributed by atoms with E-state index in [1.165, 1.54) is 22.6 Å². The molecule has 0 aromatic heterocycles. The van der Waals surface area contributed by atoms with E-state index < -0.39 is 18.9 Å². The van der Waals surface area contributed by atoms with Crippen molar-refractivity contribution in [1.29, 1.82) is 0 Å². The van der Waals surface area contributed by atoms with Crippen molar-refractivity contribution >= 4 is 35.2 Å². The zero-order valence-electron chi connectivity index (χ0n) is 6.72. The molecule has 0 atom stereocenters. The predicted octanol–water partition coefficient (Wildman–Crippen LogP) is 0.990. The van der Waals surface area contributed by atoms with Crippen molar-refractivity contribution in [2.75, 3.05) is 0 Å². The highest BCUT2D eigenvalue weighted by molar-refractivity contribution is 14.1. The Kier molecular flexibility index (Phi) is 3.43. The van der Waals surface area contributed by atoms with Crippen molar-refractivity contribution in [3.05, 3.63) is 27.3 Å². The van der Waals surface area contributed by atoms with Gasteiger partial charge in [-0.2, -0.15) is 13.2 Å². The summed E-state index contributed by atoms with van der Waals surface area (Å²) in [5.41, 5.74) is -0.732. The molecule has 0 amide bonds. The molecule has 0 heterocycles. The molecule has 0 bridgehead atoms. The first kappa shape index (κ1) is 11.8. The van der Waals surface area contributed by atoms with Crippen LogP contribution in [-0.4, -0.2) is 17.2 Å². The van der Waals surface area contributed by atoms with Crippen LogP contribution in [0.25, 0.3) is 0 Å². The summed E-state index contributed by atoms with van der Waals surface area (Å²) in [6.45, 7) is 0. The third kappa shape index (κ3) is 2.61. The predicted molar refractivity (Wildman–Crippen MR) is 54.0 cm³/mol. The van der Waals surface area contributed by atoms with Crippen LogP contribution in [0.3, 0.4) is 0 Å². The third-order valence-electron chi connectivity index (χ3n) is 1.60. The first-order valence-electron chi connectivity index (χ1n) is 3.55. The Hall–Kier alpha value is -0.275. The average molecular weight is 316 g/mol. The van der Waals surface area contributed by atoms with Crippen LogP contribution in [0.2, 0.25) is 0 Å². The van der Waals surface area contributed by atoms with Gasteiger partial charge in [-0.25, -0.2) is 0 Å². The van der Waals surface area contributed by atoms with Crippen LogP contribution in [0, 0.1) is 3.57 Å². The van der Waals surface area contributed by atoms with Gasteiger partial charge >= 0.3 is 13.3 Å². The third-order valence-corrected chi connectivity index (χ3v) is 2.49. The monoisotopic (exact) mass is 316 g/mol. The van der Waals surface area contributed by atoms with Crippen LogP contribution in [0.15, 0.2) is 18.2 Å². The lowest BCUT2D eigenvalue weighted by atomic mass is 9.80. The summed E-state index contributed by atoms with van der Waals surface area (Å²) >= 11 is 1.50. The van der Waals surface area contributed by atoms with Gasteiger partial charge in [0.25, 0.3) is 0 Å². The molecule has 0 saturated heterocycles. The van der Waals surface area contributed by atoms with Crippen molar-refractivity contribution < 1.29 is 23.2 Å². The summed E-state index contributed by atoms with van der Waals surface area (Å²) in [6, 6.07) is 2.96. The van der Waals surface area contributed by atoms with Crippen LogP contribution < -0.4 is 5.46 Å². The fourth-order valence-electron chi connectivity index (χ4n) is 0.922. The van der Waals surface area contributed by atoms with E-state index in [0.717, 1.165) is 18.2 Å². The first-order chi connectivity index (χ1) is 6.32. The zero-order chi connectivity index (χ0) is 10.9. The molecular formula is C7H5BF3IO2. The van der Waals surface area contributed by atoms with Crippen molar-refractivity contribution in [3.8, 4) is 0 Å². The minimum absolute atomic E-state index is 0.0439. The van der Waals surface area contributed by atoms with Gasteiger partial charge in [0.1, 0.15) is 0 Å². The van der Waals surface area contributed by atoms with Gasteiger partial charge in [0.05, 0.1) is 5.56 Å². The van der Waals surface area contributed by atoms with E-state index in [9.17, 15) is 13.2 Å². The highest BCUT2D eigenvalue weighted by atomic mass is 127. The molecule has 0 saturated carbocycles. The maximum absolute atomic E-state index is 12.3. The molecule has 0 radical (unpaired) electrons. The molecule has 7 heteroatoms. The summed E-state index contributed by atoms with van der Waals surface area (Å²) in [6.07, 6.45) is -4.41. The summed E-state index contributed by atoms with van der Waals surface area (Å²) < 4.78 is 36.7. The number of alkyl halides is 3. The smallest absolute Gasteiger partial charge is 0.423 e. The molecule has 1 rings (SSSR count). The molecule has 0 unspecified atom stereocenters. The lowest BCUT2D eigenvalue weighted by Crippen LogP contribution is -2.30. The number of hydrogen-bond acceptors (Lipinski definition) is 2. The average Bonchev–Trinajstić information content (AvgIpc) is 2.01. The van der Waals surface area contributed by atoms with Gasteiger partial charge in [-0.15, -0.1) is 0 Å². The summed E-state index contributed by atoms with van der Waals surface area (Å²) in [4.78, 5) is 0. The Bertz CT molecular complexity index is 340. The molecule has 0 spiro atoms.